The molecule has 0 radical (unpaired) electrons. The van der Waals surface area contributed by atoms with E-state index in [9.17, 15) is 13.2 Å². The van der Waals surface area contributed by atoms with Crippen LogP contribution in [0.5, 0.6) is 0 Å². The number of hydrogen-bond donors (Lipinski definition) is 1. The van der Waals surface area contributed by atoms with E-state index in [0.29, 0.717) is 23.8 Å². The van der Waals surface area contributed by atoms with E-state index >= 15 is 0 Å². The molecule has 2 aromatic rings. The molecule has 6 nitrogen and oxygen atoms in total. The summed E-state index contributed by atoms with van der Waals surface area (Å²) in [7, 11) is -3.49. The summed E-state index contributed by atoms with van der Waals surface area (Å²) in [6, 6.07) is 9.40. The fourth-order valence-electron chi connectivity index (χ4n) is 2.51. The molecule has 0 saturated heterocycles. The van der Waals surface area contributed by atoms with Gasteiger partial charge in [-0.25, -0.2) is 13.4 Å². The maximum atomic E-state index is 12.5. The summed E-state index contributed by atoms with van der Waals surface area (Å²) in [5.41, 5.74) is 1.21. The van der Waals surface area contributed by atoms with Gasteiger partial charge in [-0.2, -0.15) is 4.31 Å². The van der Waals surface area contributed by atoms with E-state index in [2.05, 4.69) is 10.3 Å². The zero-order valence-corrected chi connectivity index (χ0v) is 16.5. The molecule has 2 rings (SSSR count). The monoisotopic (exact) mass is 395 g/mol. The molecule has 0 aliphatic heterocycles. The summed E-state index contributed by atoms with van der Waals surface area (Å²) in [6.07, 6.45) is 1.41. The lowest BCUT2D eigenvalue weighted by atomic mass is 10.1. The minimum atomic E-state index is -3.49. The molecule has 1 N–H and O–H groups in total. The number of rotatable bonds is 7. The van der Waals surface area contributed by atoms with Crippen LogP contribution in [-0.4, -0.2) is 36.7 Å². The van der Waals surface area contributed by atoms with Crippen molar-refractivity contribution < 1.29 is 13.2 Å². The van der Waals surface area contributed by atoms with Crippen LogP contribution in [0, 0.1) is 0 Å². The Morgan fingerprint density at radius 3 is 2.27 bits per heavy atom. The standard InChI is InChI=1S/C18H22ClN3O3S/c1-4-22(5-2)26(24,25)16-9-6-14(7-10-16)13(3)21-18(23)15-8-11-17(19)20-12-15/h6-13H,4-5H2,1-3H3,(H,21,23). The SMILES string of the molecule is CCN(CC)S(=O)(=O)c1ccc(C(C)NC(=O)c2ccc(Cl)nc2)cc1. The quantitative estimate of drug-likeness (QED) is 0.730. The van der Waals surface area contributed by atoms with Gasteiger partial charge < -0.3 is 5.32 Å². The molecule has 26 heavy (non-hydrogen) atoms. The number of nitrogens with zero attached hydrogens (tertiary/aromatic N) is 2. The second-order valence-electron chi connectivity index (χ2n) is 5.72. The average Bonchev–Trinajstić information content (AvgIpc) is 2.63. The van der Waals surface area contributed by atoms with E-state index in [1.54, 1.807) is 50.2 Å². The van der Waals surface area contributed by atoms with Crippen LogP contribution in [0.25, 0.3) is 0 Å². The molecule has 140 valence electrons. The molecule has 0 aliphatic rings. The van der Waals surface area contributed by atoms with Crippen molar-refractivity contribution in [3.63, 3.8) is 0 Å². The van der Waals surface area contributed by atoms with Gasteiger partial charge in [-0.15, -0.1) is 0 Å². The van der Waals surface area contributed by atoms with E-state index in [-0.39, 0.29) is 16.8 Å². The van der Waals surface area contributed by atoms with Crippen molar-refractivity contribution in [2.45, 2.75) is 31.7 Å². The lowest BCUT2D eigenvalue weighted by Gasteiger charge is -2.19. The predicted molar refractivity (Wildman–Crippen MR) is 102 cm³/mol. The number of sulfonamides is 1. The molecule has 0 bridgehead atoms. The van der Waals surface area contributed by atoms with Gasteiger partial charge in [-0.1, -0.05) is 37.6 Å². The Kier molecular flexibility index (Phi) is 6.75. The summed E-state index contributed by atoms with van der Waals surface area (Å²) < 4.78 is 26.4. The van der Waals surface area contributed by atoms with Gasteiger partial charge in [-0.05, 0) is 36.8 Å². The predicted octanol–water partition coefficient (Wildman–Crippen LogP) is 3.26. The number of halogens is 1. The van der Waals surface area contributed by atoms with Gasteiger partial charge in [0.15, 0.2) is 0 Å². The van der Waals surface area contributed by atoms with Crippen LogP contribution in [0.15, 0.2) is 47.5 Å². The molecule has 1 aromatic carbocycles. The highest BCUT2D eigenvalue weighted by Crippen LogP contribution is 2.20. The Labute approximate surface area is 159 Å². The van der Waals surface area contributed by atoms with Crippen molar-refractivity contribution in [3.05, 3.63) is 58.9 Å². The molecule has 8 heteroatoms. The molecular weight excluding hydrogens is 374 g/mol. The van der Waals surface area contributed by atoms with Crippen molar-refractivity contribution in [1.29, 1.82) is 0 Å². The first kappa shape index (κ1) is 20.4. The van der Waals surface area contributed by atoms with Crippen molar-refractivity contribution in [1.82, 2.24) is 14.6 Å². The minimum Gasteiger partial charge on any atom is -0.345 e. The second-order valence-corrected chi connectivity index (χ2v) is 8.05. The third-order valence-corrected chi connectivity index (χ3v) is 6.35. The van der Waals surface area contributed by atoms with Gasteiger partial charge in [0.05, 0.1) is 16.5 Å². The highest BCUT2D eigenvalue weighted by atomic mass is 35.5. The number of amides is 1. The van der Waals surface area contributed by atoms with Crippen LogP contribution in [0.2, 0.25) is 5.15 Å². The highest BCUT2D eigenvalue weighted by molar-refractivity contribution is 7.89. The third-order valence-electron chi connectivity index (χ3n) is 4.06. The molecule has 1 amide bonds. The second kappa shape index (κ2) is 8.62. The van der Waals surface area contributed by atoms with Gasteiger partial charge in [-0.3, -0.25) is 4.79 Å². The van der Waals surface area contributed by atoms with Gasteiger partial charge in [0.1, 0.15) is 5.15 Å². The first-order valence-electron chi connectivity index (χ1n) is 8.32. The Bertz CT molecular complexity index is 848. The smallest absolute Gasteiger partial charge is 0.253 e. The van der Waals surface area contributed by atoms with E-state index < -0.39 is 10.0 Å². The Hall–Kier alpha value is -1.96. The number of carbonyl (C=O) groups excluding carboxylic acids is 1. The molecule has 1 atom stereocenters. The third kappa shape index (κ3) is 4.60. The van der Waals surface area contributed by atoms with Crippen LogP contribution in [0.1, 0.15) is 42.7 Å². The zero-order valence-electron chi connectivity index (χ0n) is 14.9. The van der Waals surface area contributed by atoms with Crippen LogP contribution in [0.3, 0.4) is 0 Å². The molecule has 0 fully saturated rings. The first-order valence-corrected chi connectivity index (χ1v) is 10.1. The Balaban J connectivity index is 2.12. The van der Waals surface area contributed by atoms with Crippen molar-refractivity contribution in [2.24, 2.45) is 0 Å². The molecular formula is C18H22ClN3O3S. The van der Waals surface area contributed by atoms with Crippen LogP contribution in [0.4, 0.5) is 0 Å². The first-order chi connectivity index (χ1) is 12.3. The van der Waals surface area contributed by atoms with Gasteiger partial charge >= 0.3 is 0 Å². The van der Waals surface area contributed by atoms with E-state index in [0.717, 1.165) is 5.56 Å². The van der Waals surface area contributed by atoms with Gasteiger partial charge in [0, 0.05) is 19.3 Å². The number of carbonyl (C=O) groups is 1. The molecule has 0 aliphatic carbocycles. The van der Waals surface area contributed by atoms with E-state index in [1.165, 1.54) is 10.5 Å². The summed E-state index contributed by atoms with van der Waals surface area (Å²) >= 11 is 5.72. The Morgan fingerprint density at radius 1 is 1.15 bits per heavy atom. The average molecular weight is 396 g/mol. The highest BCUT2D eigenvalue weighted by Gasteiger charge is 2.21. The molecule has 1 heterocycles. The van der Waals surface area contributed by atoms with Crippen molar-refractivity contribution >= 4 is 27.5 Å². The zero-order chi connectivity index (χ0) is 19.3. The molecule has 1 unspecified atom stereocenters. The Morgan fingerprint density at radius 2 is 1.77 bits per heavy atom. The van der Waals surface area contributed by atoms with Crippen LogP contribution < -0.4 is 5.32 Å². The van der Waals surface area contributed by atoms with Crippen molar-refractivity contribution in [2.75, 3.05) is 13.1 Å². The number of nitrogens with one attached hydrogen (secondary N) is 1. The van der Waals surface area contributed by atoms with Gasteiger partial charge in [0.25, 0.3) is 5.91 Å². The van der Waals surface area contributed by atoms with Crippen LogP contribution >= 0.6 is 11.6 Å². The largest absolute Gasteiger partial charge is 0.345 e. The maximum Gasteiger partial charge on any atom is 0.253 e. The molecule has 1 aromatic heterocycles. The fraction of sp³-hybridized carbons (Fsp3) is 0.333. The molecule has 0 spiro atoms. The number of benzene rings is 1. The van der Waals surface area contributed by atoms with E-state index in [4.69, 9.17) is 11.6 Å². The van der Waals surface area contributed by atoms with Crippen molar-refractivity contribution in [3.8, 4) is 0 Å². The normalized spacial score (nSPS) is 12.8. The number of pyridine rings is 1. The summed E-state index contributed by atoms with van der Waals surface area (Å²) in [6.45, 7) is 6.27. The molecule has 0 saturated carbocycles. The lowest BCUT2D eigenvalue weighted by Crippen LogP contribution is -2.30. The van der Waals surface area contributed by atoms with E-state index in [1.807, 2.05) is 6.92 Å². The fourth-order valence-corrected chi connectivity index (χ4v) is 4.08. The lowest BCUT2D eigenvalue weighted by molar-refractivity contribution is 0.0939. The summed E-state index contributed by atoms with van der Waals surface area (Å²) in [5.74, 6) is -0.276. The summed E-state index contributed by atoms with van der Waals surface area (Å²) in [4.78, 5) is 16.4. The topological polar surface area (TPSA) is 79.4 Å². The van der Waals surface area contributed by atoms with Gasteiger partial charge in [0.2, 0.25) is 10.0 Å². The maximum absolute atomic E-state index is 12.5. The number of hydrogen-bond acceptors (Lipinski definition) is 4. The summed E-state index contributed by atoms with van der Waals surface area (Å²) in [5, 5.41) is 3.17. The van der Waals surface area contributed by atoms with Crippen LogP contribution in [-0.2, 0) is 10.0 Å². The number of aromatic nitrogens is 1. The minimum absolute atomic E-state index is 0.241.